The van der Waals surface area contributed by atoms with Crippen LogP contribution in [0, 0.1) is 5.92 Å². The smallest absolute Gasteiger partial charge is 0.185 e. The molecule has 2 rings (SSSR count). The van der Waals surface area contributed by atoms with Gasteiger partial charge in [-0.05, 0) is 18.6 Å². The van der Waals surface area contributed by atoms with E-state index in [1.165, 1.54) is 0 Å². The Bertz CT molecular complexity index is 471. The fraction of sp³-hybridized carbons (Fsp3) is 0.500. The van der Waals surface area contributed by atoms with Crippen LogP contribution in [0.2, 0.25) is 0 Å². The average molecular weight is 274 g/mol. The molecule has 1 unspecified atom stereocenters. The molecule has 0 N–H and O–H groups in total. The number of hydrogen-bond donors (Lipinski definition) is 0. The number of nitrogens with zero attached hydrogens (tertiary/aromatic N) is 2. The SMILES string of the molecule is CCCCC(C)C(=O)C1=COCCN1c1ccccn1. The Morgan fingerprint density at radius 1 is 1.50 bits per heavy atom. The molecule has 1 aromatic rings. The van der Waals surface area contributed by atoms with Crippen molar-refractivity contribution in [2.45, 2.75) is 33.1 Å². The second-order valence-electron chi connectivity index (χ2n) is 5.12. The fourth-order valence-electron chi connectivity index (χ4n) is 2.30. The lowest BCUT2D eigenvalue weighted by molar-refractivity contribution is -0.119. The fourth-order valence-corrected chi connectivity index (χ4v) is 2.30. The van der Waals surface area contributed by atoms with Crippen LogP contribution in [0.15, 0.2) is 36.4 Å². The van der Waals surface area contributed by atoms with Gasteiger partial charge in [0, 0.05) is 12.1 Å². The zero-order valence-electron chi connectivity index (χ0n) is 12.2. The number of ketones is 1. The first-order chi connectivity index (χ1) is 9.74. The van der Waals surface area contributed by atoms with Gasteiger partial charge in [-0.15, -0.1) is 0 Å². The van der Waals surface area contributed by atoms with Crippen molar-refractivity contribution < 1.29 is 9.53 Å². The van der Waals surface area contributed by atoms with E-state index in [1.807, 2.05) is 30.0 Å². The second kappa shape index (κ2) is 7.08. The molecule has 0 radical (unpaired) electrons. The summed E-state index contributed by atoms with van der Waals surface area (Å²) in [5.41, 5.74) is 0.624. The van der Waals surface area contributed by atoms with Crippen LogP contribution in [0.25, 0.3) is 0 Å². The monoisotopic (exact) mass is 274 g/mol. The first kappa shape index (κ1) is 14.6. The quantitative estimate of drug-likeness (QED) is 0.799. The molecule has 1 aliphatic heterocycles. The highest BCUT2D eigenvalue weighted by atomic mass is 16.5. The maximum absolute atomic E-state index is 12.6. The highest BCUT2D eigenvalue weighted by molar-refractivity contribution is 5.99. The van der Waals surface area contributed by atoms with E-state index in [2.05, 4.69) is 11.9 Å². The van der Waals surface area contributed by atoms with Crippen LogP contribution in [0.5, 0.6) is 0 Å². The summed E-state index contributed by atoms with van der Waals surface area (Å²) in [5, 5.41) is 0. The summed E-state index contributed by atoms with van der Waals surface area (Å²) in [5.74, 6) is 0.969. The van der Waals surface area contributed by atoms with Crippen LogP contribution in [0.1, 0.15) is 33.1 Å². The molecule has 0 fully saturated rings. The molecule has 0 saturated heterocycles. The molecule has 2 heterocycles. The van der Waals surface area contributed by atoms with E-state index in [4.69, 9.17) is 4.74 Å². The average Bonchev–Trinajstić information content (AvgIpc) is 2.52. The van der Waals surface area contributed by atoms with E-state index in [0.29, 0.717) is 18.8 Å². The summed E-state index contributed by atoms with van der Waals surface area (Å²) in [4.78, 5) is 18.9. The number of unbranched alkanes of at least 4 members (excludes halogenated alkanes) is 1. The predicted octanol–water partition coefficient (Wildman–Crippen LogP) is 3.16. The highest BCUT2D eigenvalue weighted by Gasteiger charge is 2.26. The summed E-state index contributed by atoms with van der Waals surface area (Å²) >= 11 is 0. The van der Waals surface area contributed by atoms with Gasteiger partial charge in [0.05, 0.1) is 6.54 Å². The lowest BCUT2D eigenvalue weighted by atomic mass is 9.97. The Morgan fingerprint density at radius 2 is 2.35 bits per heavy atom. The lowest BCUT2D eigenvalue weighted by Gasteiger charge is -2.29. The summed E-state index contributed by atoms with van der Waals surface area (Å²) < 4.78 is 5.36. The number of allylic oxidation sites excluding steroid dienone is 1. The van der Waals surface area contributed by atoms with Gasteiger partial charge in [0.1, 0.15) is 24.4 Å². The third kappa shape index (κ3) is 3.38. The summed E-state index contributed by atoms with van der Waals surface area (Å²) in [6.45, 7) is 5.37. The molecule has 0 aromatic carbocycles. The van der Waals surface area contributed by atoms with E-state index in [9.17, 15) is 4.79 Å². The minimum atomic E-state index is 0.0223. The number of hydrogen-bond acceptors (Lipinski definition) is 4. The van der Waals surface area contributed by atoms with Gasteiger partial charge in [-0.1, -0.05) is 32.8 Å². The van der Waals surface area contributed by atoms with Crippen molar-refractivity contribution >= 4 is 11.6 Å². The summed E-state index contributed by atoms with van der Waals surface area (Å²) in [6.07, 6.45) is 6.43. The van der Waals surface area contributed by atoms with Crippen molar-refractivity contribution in [3.8, 4) is 0 Å². The second-order valence-corrected chi connectivity index (χ2v) is 5.12. The van der Waals surface area contributed by atoms with Crippen molar-refractivity contribution in [1.82, 2.24) is 4.98 Å². The van der Waals surface area contributed by atoms with Gasteiger partial charge in [-0.25, -0.2) is 4.98 Å². The van der Waals surface area contributed by atoms with Gasteiger partial charge in [-0.3, -0.25) is 4.79 Å². The molecule has 1 atom stereocenters. The topological polar surface area (TPSA) is 42.4 Å². The molecule has 0 aliphatic carbocycles. The maximum atomic E-state index is 12.6. The van der Waals surface area contributed by atoms with Crippen LogP contribution < -0.4 is 4.90 Å². The van der Waals surface area contributed by atoms with Gasteiger partial charge in [0.15, 0.2) is 5.78 Å². The number of anilines is 1. The number of pyridine rings is 1. The van der Waals surface area contributed by atoms with E-state index < -0.39 is 0 Å². The van der Waals surface area contributed by atoms with Gasteiger partial charge in [0.25, 0.3) is 0 Å². The number of carbonyl (C=O) groups excluding carboxylic acids is 1. The molecule has 0 amide bonds. The number of ether oxygens (including phenoxy) is 1. The molecule has 0 saturated carbocycles. The summed E-state index contributed by atoms with van der Waals surface area (Å²) in [7, 11) is 0. The van der Waals surface area contributed by atoms with Crippen molar-refractivity contribution in [3.05, 3.63) is 36.4 Å². The van der Waals surface area contributed by atoms with Crippen molar-refractivity contribution in [2.75, 3.05) is 18.1 Å². The normalized spacial score (nSPS) is 16.3. The van der Waals surface area contributed by atoms with Gasteiger partial charge in [-0.2, -0.15) is 0 Å². The predicted molar refractivity (Wildman–Crippen MR) is 79.3 cm³/mol. The van der Waals surface area contributed by atoms with Crippen molar-refractivity contribution in [3.63, 3.8) is 0 Å². The van der Waals surface area contributed by atoms with Crippen LogP contribution in [-0.4, -0.2) is 23.9 Å². The lowest BCUT2D eigenvalue weighted by Crippen LogP contribution is -2.36. The highest BCUT2D eigenvalue weighted by Crippen LogP contribution is 2.23. The molecule has 4 nitrogen and oxygen atoms in total. The zero-order valence-corrected chi connectivity index (χ0v) is 12.2. The number of Topliss-reactive ketones (excluding diaryl/α,β-unsaturated/α-hetero) is 1. The minimum absolute atomic E-state index is 0.0223. The van der Waals surface area contributed by atoms with Crippen molar-refractivity contribution in [1.29, 1.82) is 0 Å². The Labute approximate surface area is 120 Å². The molecule has 20 heavy (non-hydrogen) atoms. The Kier molecular flexibility index (Phi) is 5.16. The molecule has 4 heteroatoms. The van der Waals surface area contributed by atoms with E-state index in [1.54, 1.807) is 12.5 Å². The maximum Gasteiger partial charge on any atom is 0.185 e. The standard InChI is InChI=1S/C16H22N2O2/c1-3-4-7-13(2)16(19)14-12-20-11-10-18(14)15-8-5-6-9-17-15/h5-6,8-9,12-13H,3-4,7,10-11H2,1-2H3. The van der Waals surface area contributed by atoms with E-state index >= 15 is 0 Å². The van der Waals surface area contributed by atoms with E-state index in [0.717, 1.165) is 25.1 Å². The first-order valence-electron chi connectivity index (χ1n) is 7.28. The third-order valence-corrected chi connectivity index (χ3v) is 3.54. The molecule has 0 bridgehead atoms. The Balaban J connectivity index is 2.15. The molecular weight excluding hydrogens is 252 g/mol. The molecule has 1 aromatic heterocycles. The number of carbonyl (C=O) groups is 1. The van der Waals surface area contributed by atoms with Crippen LogP contribution in [0.4, 0.5) is 5.82 Å². The van der Waals surface area contributed by atoms with Crippen molar-refractivity contribution in [2.24, 2.45) is 5.92 Å². The number of rotatable bonds is 6. The van der Waals surface area contributed by atoms with E-state index in [-0.39, 0.29) is 11.7 Å². The Hall–Kier alpha value is -1.84. The number of aromatic nitrogens is 1. The molecule has 1 aliphatic rings. The van der Waals surface area contributed by atoms with Crippen LogP contribution >= 0.6 is 0 Å². The van der Waals surface area contributed by atoms with Gasteiger partial charge < -0.3 is 9.64 Å². The Morgan fingerprint density at radius 3 is 3.05 bits per heavy atom. The largest absolute Gasteiger partial charge is 0.497 e. The zero-order chi connectivity index (χ0) is 14.4. The van der Waals surface area contributed by atoms with Crippen LogP contribution in [0.3, 0.4) is 0 Å². The summed E-state index contributed by atoms with van der Waals surface area (Å²) in [6, 6.07) is 5.72. The third-order valence-electron chi connectivity index (χ3n) is 3.54. The molecular formula is C16H22N2O2. The molecule has 108 valence electrons. The van der Waals surface area contributed by atoms with Crippen LogP contribution in [-0.2, 0) is 9.53 Å². The molecule has 0 spiro atoms. The van der Waals surface area contributed by atoms with Gasteiger partial charge >= 0.3 is 0 Å². The van der Waals surface area contributed by atoms with Gasteiger partial charge in [0.2, 0.25) is 0 Å². The minimum Gasteiger partial charge on any atom is -0.497 e. The first-order valence-corrected chi connectivity index (χ1v) is 7.28.